The first kappa shape index (κ1) is 29.8. The molecule has 0 atom stereocenters. The second-order valence-electron chi connectivity index (χ2n) is 9.39. The van der Waals surface area contributed by atoms with Gasteiger partial charge in [-0.15, -0.1) is 0 Å². The zero-order valence-corrected chi connectivity index (χ0v) is 24.8. The molecule has 1 aromatic heterocycles. The largest absolute Gasteiger partial charge is 0.307 e. The zero-order chi connectivity index (χ0) is 30.3. The maximum absolute atomic E-state index is 13.8. The molecule has 1 amide bonds. The lowest BCUT2D eigenvalue weighted by Crippen LogP contribution is -2.32. The van der Waals surface area contributed by atoms with Crippen molar-refractivity contribution >= 4 is 52.2 Å². The van der Waals surface area contributed by atoms with E-state index < -0.39 is 4.92 Å². The molecular weight excluding hydrogens is 603 g/mol. The molecule has 0 spiro atoms. The Morgan fingerprint density at radius 1 is 0.884 bits per heavy atom. The third kappa shape index (κ3) is 7.22. The number of nitrogens with zero attached hydrogens (tertiary/aromatic N) is 4. The van der Waals surface area contributed by atoms with Crippen molar-refractivity contribution in [2.45, 2.75) is 11.6 Å². The summed E-state index contributed by atoms with van der Waals surface area (Å²) in [5, 5.41) is 23.0. The van der Waals surface area contributed by atoms with Crippen molar-refractivity contribution in [2.75, 3.05) is 10.7 Å². The van der Waals surface area contributed by atoms with Crippen molar-refractivity contribution in [3.05, 3.63) is 140 Å². The fourth-order valence-electron chi connectivity index (χ4n) is 4.41. The van der Waals surface area contributed by atoms with Crippen LogP contribution in [0.15, 0.2) is 114 Å². The molecule has 7 nitrogen and oxygen atoms in total. The van der Waals surface area contributed by atoms with E-state index in [-0.39, 0.29) is 23.9 Å². The molecule has 5 rings (SSSR count). The number of nitro benzene ring substituents is 1. The molecule has 0 saturated heterocycles. The number of thioether (sulfide) groups is 1. The quantitative estimate of drug-likeness (QED) is 0.0922. The Hall–Kier alpha value is -4.68. The summed E-state index contributed by atoms with van der Waals surface area (Å²) in [7, 11) is 0. The molecule has 0 N–H and O–H groups in total. The van der Waals surface area contributed by atoms with Crippen molar-refractivity contribution in [1.29, 1.82) is 5.26 Å². The van der Waals surface area contributed by atoms with E-state index in [1.54, 1.807) is 41.3 Å². The SMILES string of the molecule is N#Cc1c(-c2ccc(Cl)cc2)cc(-c2ccccc2)nc1SCC(=O)N(Cc1ccc(Cl)cc1)c1ccc([N+](=O)[O-])cc1. The standard InChI is InChI=1S/C33H22Cl2N4O3S/c34-25-10-6-22(7-11-25)20-38(27-14-16-28(17-15-27)39(41)42)32(40)21-43-33-30(19-36)29(23-8-12-26(35)13-9-23)18-31(37-33)24-4-2-1-3-5-24/h1-18H,20-21H2. The second-order valence-corrected chi connectivity index (χ2v) is 11.2. The highest BCUT2D eigenvalue weighted by Gasteiger charge is 2.21. The van der Waals surface area contributed by atoms with Gasteiger partial charge in [0.1, 0.15) is 11.1 Å². The molecule has 0 bridgehead atoms. The average Bonchev–Trinajstić information content (AvgIpc) is 3.03. The van der Waals surface area contributed by atoms with Crippen molar-refractivity contribution in [1.82, 2.24) is 4.98 Å². The zero-order valence-electron chi connectivity index (χ0n) is 22.5. The lowest BCUT2D eigenvalue weighted by Gasteiger charge is -2.23. The van der Waals surface area contributed by atoms with Crippen LogP contribution in [0.3, 0.4) is 0 Å². The van der Waals surface area contributed by atoms with E-state index >= 15 is 0 Å². The molecule has 0 aliphatic carbocycles. The van der Waals surface area contributed by atoms with Crippen LogP contribution in [0.5, 0.6) is 0 Å². The predicted molar refractivity (Wildman–Crippen MR) is 171 cm³/mol. The molecule has 0 aliphatic rings. The van der Waals surface area contributed by atoms with Gasteiger partial charge in [-0.3, -0.25) is 14.9 Å². The molecule has 0 saturated carbocycles. The van der Waals surface area contributed by atoms with Crippen LogP contribution < -0.4 is 4.90 Å². The number of carbonyl (C=O) groups excluding carboxylic acids is 1. The van der Waals surface area contributed by atoms with Gasteiger partial charge in [0, 0.05) is 39.0 Å². The Kier molecular flexibility index (Phi) is 9.38. The minimum atomic E-state index is -0.488. The number of nitriles is 1. The lowest BCUT2D eigenvalue weighted by atomic mass is 9.99. The average molecular weight is 626 g/mol. The molecular formula is C33H22Cl2N4O3S. The maximum Gasteiger partial charge on any atom is 0.269 e. The minimum Gasteiger partial charge on any atom is -0.307 e. The Bertz CT molecular complexity index is 1810. The molecule has 1 heterocycles. The summed E-state index contributed by atoms with van der Waals surface area (Å²) in [4.78, 5) is 30.8. The molecule has 212 valence electrons. The predicted octanol–water partition coefficient (Wildman–Crippen LogP) is 8.83. The summed E-state index contributed by atoms with van der Waals surface area (Å²) in [6, 6.07) is 33.9. The number of rotatable bonds is 9. The van der Waals surface area contributed by atoms with Crippen LogP contribution >= 0.6 is 35.0 Å². The van der Waals surface area contributed by atoms with E-state index in [4.69, 9.17) is 28.2 Å². The third-order valence-electron chi connectivity index (χ3n) is 6.58. The van der Waals surface area contributed by atoms with Crippen molar-refractivity contribution in [2.24, 2.45) is 0 Å². The number of nitro groups is 1. The van der Waals surface area contributed by atoms with E-state index in [0.717, 1.165) is 28.5 Å². The van der Waals surface area contributed by atoms with Gasteiger partial charge in [-0.25, -0.2) is 4.98 Å². The van der Waals surface area contributed by atoms with E-state index in [2.05, 4.69) is 6.07 Å². The first-order chi connectivity index (χ1) is 20.8. The second kappa shape index (κ2) is 13.5. The van der Waals surface area contributed by atoms with Gasteiger partial charge in [0.2, 0.25) is 5.91 Å². The van der Waals surface area contributed by atoms with Gasteiger partial charge in [-0.2, -0.15) is 5.26 Å². The van der Waals surface area contributed by atoms with Gasteiger partial charge in [0.05, 0.1) is 28.5 Å². The maximum atomic E-state index is 13.8. The van der Waals surface area contributed by atoms with Crippen LogP contribution in [0.25, 0.3) is 22.4 Å². The number of benzene rings is 4. The van der Waals surface area contributed by atoms with Gasteiger partial charge in [-0.05, 0) is 53.6 Å². The lowest BCUT2D eigenvalue weighted by molar-refractivity contribution is -0.384. The molecule has 43 heavy (non-hydrogen) atoms. The number of hydrogen-bond donors (Lipinski definition) is 0. The number of aromatic nitrogens is 1. The van der Waals surface area contributed by atoms with E-state index in [1.165, 1.54) is 12.1 Å². The summed E-state index contributed by atoms with van der Waals surface area (Å²) in [6.07, 6.45) is 0. The highest BCUT2D eigenvalue weighted by Crippen LogP contribution is 2.35. The number of carbonyl (C=O) groups is 1. The molecule has 10 heteroatoms. The van der Waals surface area contributed by atoms with E-state index in [1.807, 2.05) is 60.7 Å². The monoisotopic (exact) mass is 624 g/mol. The number of hydrogen-bond acceptors (Lipinski definition) is 6. The number of amides is 1. The first-order valence-corrected chi connectivity index (χ1v) is 14.7. The topological polar surface area (TPSA) is 100 Å². The van der Waals surface area contributed by atoms with Crippen molar-refractivity contribution in [3.8, 4) is 28.5 Å². The van der Waals surface area contributed by atoms with Crippen LogP contribution in [0, 0.1) is 21.4 Å². The van der Waals surface area contributed by atoms with Gasteiger partial charge in [-0.1, -0.05) is 89.6 Å². The fourth-order valence-corrected chi connectivity index (χ4v) is 5.54. The van der Waals surface area contributed by atoms with Gasteiger partial charge in [0.25, 0.3) is 5.69 Å². The number of pyridine rings is 1. The van der Waals surface area contributed by atoms with Gasteiger partial charge < -0.3 is 4.90 Å². The van der Waals surface area contributed by atoms with Crippen LogP contribution in [-0.2, 0) is 11.3 Å². The molecule has 4 aromatic carbocycles. The van der Waals surface area contributed by atoms with Crippen LogP contribution in [-0.4, -0.2) is 21.6 Å². The minimum absolute atomic E-state index is 0.0371. The molecule has 0 unspecified atom stereocenters. The van der Waals surface area contributed by atoms with Crippen LogP contribution in [0.2, 0.25) is 10.0 Å². The summed E-state index contributed by atoms with van der Waals surface area (Å²) in [5.41, 5.74) is 4.60. The Balaban J connectivity index is 1.50. The van der Waals surface area contributed by atoms with Crippen molar-refractivity contribution in [3.63, 3.8) is 0 Å². The molecule has 0 fully saturated rings. The highest BCUT2D eigenvalue weighted by atomic mass is 35.5. The normalized spacial score (nSPS) is 10.6. The van der Waals surface area contributed by atoms with Crippen LogP contribution in [0.4, 0.5) is 11.4 Å². The number of anilines is 1. The van der Waals surface area contributed by atoms with E-state index in [0.29, 0.717) is 37.6 Å². The third-order valence-corrected chi connectivity index (χ3v) is 8.05. The van der Waals surface area contributed by atoms with Crippen LogP contribution in [0.1, 0.15) is 11.1 Å². The van der Waals surface area contributed by atoms with Gasteiger partial charge in [0.15, 0.2) is 0 Å². The highest BCUT2D eigenvalue weighted by molar-refractivity contribution is 8.00. The smallest absolute Gasteiger partial charge is 0.269 e. The summed E-state index contributed by atoms with van der Waals surface area (Å²) >= 11 is 13.3. The summed E-state index contributed by atoms with van der Waals surface area (Å²) in [5.74, 6) is -0.303. The molecule has 0 aliphatic heterocycles. The Morgan fingerprint density at radius 3 is 2.12 bits per heavy atom. The summed E-state index contributed by atoms with van der Waals surface area (Å²) < 4.78 is 0. The van der Waals surface area contributed by atoms with Gasteiger partial charge >= 0.3 is 0 Å². The van der Waals surface area contributed by atoms with E-state index in [9.17, 15) is 20.2 Å². The Morgan fingerprint density at radius 2 is 1.51 bits per heavy atom. The number of halogens is 2. The van der Waals surface area contributed by atoms with Crippen molar-refractivity contribution < 1.29 is 9.72 Å². The molecule has 5 aromatic rings. The Labute approximate surface area is 262 Å². The number of non-ortho nitro benzene ring substituents is 1. The summed E-state index contributed by atoms with van der Waals surface area (Å²) in [6.45, 7) is 0.215. The fraction of sp³-hybridized carbons (Fsp3) is 0.0606. The first-order valence-electron chi connectivity index (χ1n) is 13.0. The molecule has 0 radical (unpaired) electrons.